The first-order valence-corrected chi connectivity index (χ1v) is 10.7. The molecular weight excluding hydrogens is 416 g/mol. The van der Waals surface area contributed by atoms with Gasteiger partial charge in [-0.3, -0.25) is 19.7 Å². The molecule has 8 nitrogen and oxygen atoms in total. The van der Waals surface area contributed by atoms with E-state index in [4.69, 9.17) is 0 Å². The molecule has 1 atom stereocenters. The van der Waals surface area contributed by atoms with E-state index in [1.807, 2.05) is 42.5 Å². The Morgan fingerprint density at radius 3 is 2.70 bits per heavy atom. The number of anilines is 1. The molecule has 3 heterocycles. The summed E-state index contributed by atoms with van der Waals surface area (Å²) in [6, 6.07) is 18.5. The number of nitrogens with zero attached hydrogens (tertiary/aromatic N) is 4. The van der Waals surface area contributed by atoms with Crippen molar-refractivity contribution in [3.8, 4) is 0 Å². The van der Waals surface area contributed by atoms with E-state index in [0.717, 1.165) is 16.8 Å². The van der Waals surface area contributed by atoms with Crippen LogP contribution in [0.15, 0.2) is 79.4 Å². The molecule has 2 amide bonds. The normalized spacial score (nSPS) is 14.7. The molecule has 1 aliphatic rings. The number of aromatic nitrogens is 4. The van der Waals surface area contributed by atoms with Gasteiger partial charge >= 0.3 is 0 Å². The standard InChI is InChI=1S/C25H22N6O2/c32-24(27-12-10-17-5-4-11-26-14-17)19-8-9-22-20(13-19)21(23-28-16-29-30-23)15-31(22)25(33)18-6-2-1-3-7-18/h1-9,11,13-14,16,21H,10,12,15H2,(H,27,32)(H,28,29,30)/t21-/m1/s1. The first kappa shape index (κ1) is 20.6. The fourth-order valence-corrected chi connectivity index (χ4v) is 4.11. The van der Waals surface area contributed by atoms with Crippen molar-refractivity contribution in [1.29, 1.82) is 0 Å². The van der Waals surface area contributed by atoms with Gasteiger partial charge in [0.1, 0.15) is 12.2 Å². The third-order valence-corrected chi connectivity index (χ3v) is 5.77. The molecule has 0 fully saturated rings. The molecule has 0 bridgehead atoms. The molecular formula is C25H22N6O2. The second kappa shape index (κ2) is 9.04. The highest BCUT2D eigenvalue weighted by molar-refractivity contribution is 6.08. The van der Waals surface area contributed by atoms with Crippen molar-refractivity contribution < 1.29 is 9.59 Å². The van der Waals surface area contributed by atoms with E-state index in [1.54, 1.807) is 35.5 Å². The maximum atomic E-state index is 13.2. The van der Waals surface area contributed by atoms with Crippen LogP contribution in [0.4, 0.5) is 5.69 Å². The number of aromatic amines is 1. The largest absolute Gasteiger partial charge is 0.352 e. The Kier molecular flexibility index (Phi) is 5.63. The number of carbonyl (C=O) groups is 2. The molecule has 2 aromatic carbocycles. The van der Waals surface area contributed by atoms with Crippen molar-refractivity contribution in [2.24, 2.45) is 0 Å². The van der Waals surface area contributed by atoms with Gasteiger partial charge in [0, 0.05) is 42.3 Å². The maximum Gasteiger partial charge on any atom is 0.258 e. The van der Waals surface area contributed by atoms with Crippen LogP contribution in [-0.2, 0) is 6.42 Å². The topological polar surface area (TPSA) is 104 Å². The van der Waals surface area contributed by atoms with Crippen molar-refractivity contribution in [3.63, 3.8) is 0 Å². The zero-order chi connectivity index (χ0) is 22.6. The number of rotatable bonds is 6. The summed E-state index contributed by atoms with van der Waals surface area (Å²) in [5.41, 5.74) is 3.86. The lowest BCUT2D eigenvalue weighted by molar-refractivity contribution is 0.0952. The molecule has 0 aliphatic carbocycles. The lowest BCUT2D eigenvalue weighted by Gasteiger charge is -2.18. The average Bonchev–Trinajstić information content (AvgIpc) is 3.52. The highest BCUT2D eigenvalue weighted by atomic mass is 16.2. The minimum atomic E-state index is -0.196. The summed E-state index contributed by atoms with van der Waals surface area (Å²) in [4.78, 5) is 36.2. The van der Waals surface area contributed by atoms with Crippen molar-refractivity contribution in [2.45, 2.75) is 12.3 Å². The third-order valence-electron chi connectivity index (χ3n) is 5.77. The number of fused-ring (bicyclic) bond motifs is 1. The SMILES string of the molecule is O=C(NCCc1cccnc1)c1ccc2c(c1)[C@H](c1ncn[nH]1)CN2C(=O)c1ccccc1. The molecule has 2 N–H and O–H groups in total. The first-order valence-electron chi connectivity index (χ1n) is 10.7. The second-order valence-corrected chi connectivity index (χ2v) is 7.85. The molecule has 1 aliphatic heterocycles. The zero-order valence-electron chi connectivity index (χ0n) is 17.8. The quantitative estimate of drug-likeness (QED) is 0.482. The third kappa shape index (κ3) is 4.23. The smallest absolute Gasteiger partial charge is 0.258 e. The number of hydrogen-bond donors (Lipinski definition) is 2. The lowest BCUT2D eigenvalue weighted by atomic mass is 9.98. The Bertz CT molecular complexity index is 1260. The average molecular weight is 438 g/mol. The van der Waals surface area contributed by atoms with Gasteiger partial charge in [0.25, 0.3) is 11.8 Å². The monoisotopic (exact) mass is 438 g/mol. The van der Waals surface area contributed by atoms with Gasteiger partial charge in [-0.15, -0.1) is 0 Å². The Morgan fingerprint density at radius 1 is 1.06 bits per heavy atom. The lowest BCUT2D eigenvalue weighted by Crippen LogP contribution is -2.30. The second-order valence-electron chi connectivity index (χ2n) is 7.85. The predicted octanol–water partition coefficient (Wildman–Crippen LogP) is 2.96. The number of amides is 2. The summed E-state index contributed by atoms with van der Waals surface area (Å²) >= 11 is 0. The van der Waals surface area contributed by atoms with E-state index in [2.05, 4.69) is 25.5 Å². The number of H-pyrrole nitrogens is 1. The van der Waals surface area contributed by atoms with Gasteiger partial charge < -0.3 is 10.2 Å². The molecule has 0 radical (unpaired) electrons. The molecule has 4 aromatic rings. The summed E-state index contributed by atoms with van der Waals surface area (Å²) in [5, 5.41) is 9.85. The van der Waals surface area contributed by atoms with E-state index in [1.165, 1.54) is 6.33 Å². The van der Waals surface area contributed by atoms with Gasteiger partial charge in [-0.1, -0.05) is 24.3 Å². The molecule has 0 unspecified atom stereocenters. The maximum absolute atomic E-state index is 13.2. The van der Waals surface area contributed by atoms with Crippen LogP contribution in [0.5, 0.6) is 0 Å². The summed E-state index contributed by atoms with van der Waals surface area (Å²) in [6.45, 7) is 0.927. The molecule has 0 saturated carbocycles. The van der Waals surface area contributed by atoms with Crippen molar-refractivity contribution in [2.75, 3.05) is 18.0 Å². The molecule has 164 valence electrons. The molecule has 0 saturated heterocycles. The van der Waals surface area contributed by atoms with Gasteiger partial charge in [0.05, 0.1) is 5.92 Å². The van der Waals surface area contributed by atoms with Gasteiger partial charge in [0.15, 0.2) is 0 Å². The molecule has 5 rings (SSSR count). The van der Waals surface area contributed by atoms with Crippen molar-refractivity contribution >= 4 is 17.5 Å². The summed E-state index contributed by atoms with van der Waals surface area (Å²) < 4.78 is 0. The van der Waals surface area contributed by atoms with E-state index >= 15 is 0 Å². The fourth-order valence-electron chi connectivity index (χ4n) is 4.11. The summed E-state index contributed by atoms with van der Waals surface area (Å²) in [6.07, 6.45) is 5.67. The molecule has 33 heavy (non-hydrogen) atoms. The number of benzene rings is 2. The highest BCUT2D eigenvalue weighted by Gasteiger charge is 2.35. The van der Waals surface area contributed by atoms with Crippen molar-refractivity contribution in [1.82, 2.24) is 25.5 Å². The van der Waals surface area contributed by atoms with E-state index in [9.17, 15) is 9.59 Å². The van der Waals surface area contributed by atoms with E-state index in [-0.39, 0.29) is 17.7 Å². The Morgan fingerprint density at radius 2 is 1.94 bits per heavy atom. The molecule has 0 spiro atoms. The minimum absolute atomic E-state index is 0.0902. The zero-order valence-corrected chi connectivity index (χ0v) is 17.8. The van der Waals surface area contributed by atoms with Crippen LogP contribution in [0.1, 0.15) is 43.6 Å². The van der Waals surface area contributed by atoms with Crippen LogP contribution >= 0.6 is 0 Å². The van der Waals surface area contributed by atoms with Gasteiger partial charge in [-0.25, -0.2) is 4.98 Å². The van der Waals surface area contributed by atoms with Crippen LogP contribution < -0.4 is 10.2 Å². The number of pyridine rings is 1. The Hall–Kier alpha value is -4.33. The van der Waals surface area contributed by atoms with Crippen LogP contribution in [0.3, 0.4) is 0 Å². The number of carbonyl (C=O) groups excluding carboxylic acids is 2. The summed E-state index contributed by atoms with van der Waals surface area (Å²) in [5.74, 6) is 0.213. The molecule has 2 aromatic heterocycles. The van der Waals surface area contributed by atoms with Gasteiger partial charge in [-0.05, 0) is 53.9 Å². The fraction of sp³-hybridized carbons (Fsp3) is 0.160. The van der Waals surface area contributed by atoms with E-state index < -0.39 is 0 Å². The van der Waals surface area contributed by atoms with Crippen LogP contribution in [0.2, 0.25) is 0 Å². The number of hydrogen-bond acceptors (Lipinski definition) is 5. The van der Waals surface area contributed by atoms with Gasteiger partial charge in [-0.2, -0.15) is 5.10 Å². The van der Waals surface area contributed by atoms with Crippen LogP contribution in [-0.4, -0.2) is 45.1 Å². The predicted molar refractivity (Wildman–Crippen MR) is 123 cm³/mol. The van der Waals surface area contributed by atoms with Crippen LogP contribution in [0, 0.1) is 0 Å². The minimum Gasteiger partial charge on any atom is -0.352 e. The van der Waals surface area contributed by atoms with Gasteiger partial charge in [0.2, 0.25) is 0 Å². The number of nitrogens with one attached hydrogen (secondary N) is 2. The Labute approximate surface area is 190 Å². The van der Waals surface area contributed by atoms with Crippen LogP contribution in [0.25, 0.3) is 0 Å². The highest BCUT2D eigenvalue weighted by Crippen LogP contribution is 2.40. The van der Waals surface area contributed by atoms with E-state index in [0.29, 0.717) is 36.5 Å². The van der Waals surface area contributed by atoms with Crippen molar-refractivity contribution in [3.05, 3.63) is 107 Å². The Balaban J connectivity index is 1.39. The first-order chi connectivity index (χ1) is 16.2. The molecule has 8 heteroatoms. The summed E-state index contributed by atoms with van der Waals surface area (Å²) in [7, 11) is 0.